The second-order valence-electron chi connectivity index (χ2n) is 2.45. The first-order chi connectivity index (χ1) is 4.81. The van der Waals surface area contributed by atoms with E-state index in [1.54, 1.807) is 6.08 Å². The van der Waals surface area contributed by atoms with Crippen LogP contribution in [0, 0.1) is 0 Å². The maximum atomic E-state index is 5.74. The Morgan fingerprint density at radius 1 is 1.60 bits per heavy atom. The molecular formula is C9H17N. The van der Waals surface area contributed by atoms with Gasteiger partial charge in [0, 0.05) is 6.04 Å². The largest absolute Gasteiger partial charge is 0.327 e. The monoisotopic (exact) mass is 139 g/mol. The lowest BCUT2D eigenvalue weighted by molar-refractivity contribution is 0.610. The van der Waals surface area contributed by atoms with Crippen molar-refractivity contribution in [3.63, 3.8) is 0 Å². The Labute approximate surface area is 63.6 Å². The van der Waals surface area contributed by atoms with Crippen LogP contribution < -0.4 is 5.73 Å². The summed E-state index contributed by atoms with van der Waals surface area (Å²) >= 11 is 0. The van der Waals surface area contributed by atoms with Crippen LogP contribution in [-0.4, -0.2) is 6.04 Å². The van der Waals surface area contributed by atoms with Crippen LogP contribution in [0.1, 0.15) is 26.2 Å². The average molecular weight is 139 g/mol. The number of rotatable bonds is 5. The summed E-state index contributed by atoms with van der Waals surface area (Å²) in [6, 6.07) is 0.334. The van der Waals surface area contributed by atoms with Crippen molar-refractivity contribution < 1.29 is 0 Å². The summed E-state index contributed by atoms with van der Waals surface area (Å²) < 4.78 is 0. The molecule has 0 heterocycles. The van der Waals surface area contributed by atoms with Gasteiger partial charge in [-0.2, -0.15) is 0 Å². The predicted octanol–water partition coefficient (Wildman–Crippen LogP) is 2.25. The molecule has 1 nitrogen and oxygen atoms in total. The number of hydrogen-bond donors (Lipinski definition) is 1. The third kappa shape index (κ3) is 5.57. The third-order valence-corrected chi connectivity index (χ3v) is 1.37. The Kier molecular flexibility index (Phi) is 6.19. The second-order valence-corrected chi connectivity index (χ2v) is 2.45. The van der Waals surface area contributed by atoms with E-state index in [0.717, 1.165) is 12.8 Å². The van der Waals surface area contributed by atoms with Crippen molar-refractivity contribution in [1.29, 1.82) is 0 Å². The highest BCUT2D eigenvalue weighted by Crippen LogP contribution is 1.98. The standard InChI is InChI=1S/C9H17N/c1-3-5-6-8-9(10)7-4-2/h3,5-6,9H,1,4,7-8,10H2,2H3/b6-5+. The van der Waals surface area contributed by atoms with Gasteiger partial charge in [0.1, 0.15) is 0 Å². The lowest BCUT2D eigenvalue weighted by Gasteiger charge is -2.04. The van der Waals surface area contributed by atoms with Gasteiger partial charge in [0.05, 0.1) is 0 Å². The first-order valence-electron chi connectivity index (χ1n) is 3.84. The third-order valence-electron chi connectivity index (χ3n) is 1.37. The fourth-order valence-corrected chi connectivity index (χ4v) is 0.838. The summed E-state index contributed by atoms with van der Waals surface area (Å²) in [5.74, 6) is 0. The normalized spacial score (nSPS) is 13.8. The van der Waals surface area contributed by atoms with Gasteiger partial charge in [-0.3, -0.25) is 0 Å². The molecule has 1 unspecified atom stereocenters. The van der Waals surface area contributed by atoms with Crippen LogP contribution in [0.3, 0.4) is 0 Å². The van der Waals surface area contributed by atoms with E-state index in [1.165, 1.54) is 6.42 Å². The number of nitrogens with two attached hydrogens (primary N) is 1. The molecule has 2 N–H and O–H groups in total. The van der Waals surface area contributed by atoms with Crippen molar-refractivity contribution in [2.24, 2.45) is 5.73 Å². The molecule has 0 aromatic rings. The molecule has 0 aliphatic rings. The van der Waals surface area contributed by atoms with Gasteiger partial charge >= 0.3 is 0 Å². The van der Waals surface area contributed by atoms with Gasteiger partial charge in [-0.25, -0.2) is 0 Å². The minimum Gasteiger partial charge on any atom is -0.327 e. The predicted molar refractivity (Wildman–Crippen MR) is 46.8 cm³/mol. The highest BCUT2D eigenvalue weighted by atomic mass is 14.6. The molecule has 0 aliphatic heterocycles. The van der Waals surface area contributed by atoms with Crippen molar-refractivity contribution in [3.05, 3.63) is 24.8 Å². The van der Waals surface area contributed by atoms with Gasteiger partial charge in [0.25, 0.3) is 0 Å². The van der Waals surface area contributed by atoms with Gasteiger partial charge < -0.3 is 5.73 Å². The van der Waals surface area contributed by atoms with E-state index in [9.17, 15) is 0 Å². The van der Waals surface area contributed by atoms with E-state index < -0.39 is 0 Å². The summed E-state index contributed by atoms with van der Waals surface area (Å²) in [5, 5.41) is 0. The van der Waals surface area contributed by atoms with Gasteiger partial charge in [-0.1, -0.05) is 38.2 Å². The minimum absolute atomic E-state index is 0.334. The molecule has 0 fully saturated rings. The molecular weight excluding hydrogens is 122 g/mol. The van der Waals surface area contributed by atoms with Crippen LogP contribution in [0.15, 0.2) is 24.8 Å². The molecule has 10 heavy (non-hydrogen) atoms. The van der Waals surface area contributed by atoms with E-state index in [1.807, 2.05) is 6.08 Å². The van der Waals surface area contributed by atoms with Crippen LogP contribution in [-0.2, 0) is 0 Å². The van der Waals surface area contributed by atoms with Crippen molar-refractivity contribution in [3.8, 4) is 0 Å². The van der Waals surface area contributed by atoms with Crippen LogP contribution in [0.2, 0.25) is 0 Å². The molecule has 1 atom stereocenters. The molecule has 0 aromatic heterocycles. The summed E-state index contributed by atoms with van der Waals surface area (Å²) in [6.07, 6.45) is 9.03. The van der Waals surface area contributed by atoms with E-state index in [0.29, 0.717) is 6.04 Å². The van der Waals surface area contributed by atoms with Crippen LogP contribution >= 0.6 is 0 Å². The molecule has 0 amide bonds. The Bertz CT molecular complexity index is 105. The van der Waals surface area contributed by atoms with Crippen LogP contribution in [0.4, 0.5) is 0 Å². The first kappa shape index (κ1) is 9.44. The van der Waals surface area contributed by atoms with E-state index in [4.69, 9.17) is 5.73 Å². The Morgan fingerprint density at radius 3 is 2.80 bits per heavy atom. The van der Waals surface area contributed by atoms with Gasteiger partial charge in [-0.15, -0.1) is 0 Å². The molecule has 0 saturated carbocycles. The maximum absolute atomic E-state index is 5.74. The molecule has 58 valence electrons. The molecule has 0 saturated heterocycles. The Balaban J connectivity index is 3.28. The maximum Gasteiger partial charge on any atom is 0.00734 e. The van der Waals surface area contributed by atoms with Crippen molar-refractivity contribution >= 4 is 0 Å². The number of allylic oxidation sites excluding steroid dienone is 2. The van der Waals surface area contributed by atoms with Gasteiger partial charge in [-0.05, 0) is 12.8 Å². The summed E-state index contributed by atoms with van der Waals surface area (Å²) in [7, 11) is 0. The lowest BCUT2D eigenvalue weighted by Crippen LogP contribution is -2.17. The minimum atomic E-state index is 0.334. The van der Waals surface area contributed by atoms with Crippen molar-refractivity contribution in [2.75, 3.05) is 0 Å². The fourth-order valence-electron chi connectivity index (χ4n) is 0.838. The van der Waals surface area contributed by atoms with E-state index >= 15 is 0 Å². The average Bonchev–Trinajstić information content (AvgIpc) is 1.89. The Morgan fingerprint density at radius 2 is 2.30 bits per heavy atom. The highest BCUT2D eigenvalue weighted by molar-refractivity contribution is 4.98. The molecule has 1 heteroatoms. The second kappa shape index (κ2) is 6.56. The van der Waals surface area contributed by atoms with E-state index in [2.05, 4.69) is 19.6 Å². The van der Waals surface area contributed by atoms with Crippen molar-refractivity contribution in [2.45, 2.75) is 32.2 Å². The molecule has 0 radical (unpaired) electrons. The zero-order chi connectivity index (χ0) is 7.82. The van der Waals surface area contributed by atoms with Crippen molar-refractivity contribution in [1.82, 2.24) is 0 Å². The zero-order valence-corrected chi connectivity index (χ0v) is 6.72. The topological polar surface area (TPSA) is 26.0 Å². The molecule has 0 rings (SSSR count). The first-order valence-corrected chi connectivity index (χ1v) is 3.84. The van der Waals surface area contributed by atoms with E-state index in [-0.39, 0.29) is 0 Å². The van der Waals surface area contributed by atoms with Gasteiger partial charge in [0.15, 0.2) is 0 Å². The smallest absolute Gasteiger partial charge is 0.00734 e. The Hall–Kier alpha value is -0.560. The molecule has 0 aliphatic carbocycles. The van der Waals surface area contributed by atoms with Crippen LogP contribution in [0.25, 0.3) is 0 Å². The highest BCUT2D eigenvalue weighted by Gasteiger charge is 1.95. The summed E-state index contributed by atoms with van der Waals surface area (Å²) in [5.41, 5.74) is 5.74. The lowest BCUT2D eigenvalue weighted by atomic mass is 10.1. The van der Waals surface area contributed by atoms with Crippen LogP contribution in [0.5, 0.6) is 0 Å². The number of hydrogen-bond acceptors (Lipinski definition) is 1. The molecule has 0 bridgehead atoms. The summed E-state index contributed by atoms with van der Waals surface area (Å²) in [6.45, 7) is 5.73. The fraction of sp³-hybridized carbons (Fsp3) is 0.556. The quantitative estimate of drug-likeness (QED) is 0.581. The molecule has 0 spiro atoms. The van der Waals surface area contributed by atoms with Gasteiger partial charge in [0.2, 0.25) is 0 Å². The zero-order valence-electron chi connectivity index (χ0n) is 6.72. The summed E-state index contributed by atoms with van der Waals surface area (Å²) in [4.78, 5) is 0. The SMILES string of the molecule is C=C/C=C/CC(N)CCC. The molecule has 0 aromatic carbocycles.